The van der Waals surface area contributed by atoms with Gasteiger partial charge >= 0.3 is 0 Å². The van der Waals surface area contributed by atoms with E-state index in [1.54, 1.807) is 0 Å². The molecule has 1 aliphatic carbocycles. The van der Waals surface area contributed by atoms with Gasteiger partial charge in [0.2, 0.25) is 5.91 Å². The highest BCUT2D eigenvalue weighted by atomic mass is 16.2. The van der Waals surface area contributed by atoms with Gasteiger partial charge in [-0.3, -0.25) is 9.48 Å². The molecule has 2 heterocycles. The zero-order valence-corrected chi connectivity index (χ0v) is 12.0. The number of hydrogen-bond acceptors (Lipinski definition) is 3. The van der Waals surface area contributed by atoms with Crippen LogP contribution < -0.4 is 5.73 Å². The SMILES string of the molecule is Nc1ccn(C2CCN(C(=O)CC3CCCC3)CC2)n1. The van der Waals surface area contributed by atoms with E-state index < -0.39 is 0 Å². The molecule has 20 heavy (non-hydrogen) atoms. The van der Waals surface area contributed by atoms with E-state index in [-0.39, 0.29) is 0 Å². The maximum absolute atomic E-state index is 12.3. The fourth-order valence-electron chi connectivity index (χ4n) is 3.53. The number of nitrogens with two attached hydrogens (primary N) is 1. The van der Waals surface area contributed by atoms with Gasteiger partial charge in [-0.05, 0) is 37.7 Å². The number of likely N-dealkylation sites (tertiary alicyclic amines) is 1. The number of carbonyl (C=O) groups excluding carboxylic acids is 1. The number of rotatable bonds is 3. The Kier molecular flexibility index (Phi) is 3.94. The van der Waals surface area contributed by atoms with Gasteiger partial charge in [0.1, 0.15) is 5.82 Å². The molecular weight excluding hydrogens is 252 g/mol. The van der Waals surface area contributed by atoms with E-state index in [1.807, 2.05) is 21.8 Å². The minimum absolute atomic E-state index is 0.357. The highest BCUT2D eigenvalue weighted by Crippen LogP contribution is 2.29. The summed E-state index contributed by atoms with van der Waals surface area (Å²) in [4.78, 5) is 14.3. The molecule has 1 aromatic rings. The Balaban J connectivity index is 1.49. The molecule has 5 heteroatoms. The van der Waals surface area contributed by atoms with Crippen LogP contribution in [-0.4, -0.2) is 33.7 Å². The maximum Gasteiger partial charge on any atom is 0.222 e. The van der Waals surface area contributed by atoms with Crippen molar-refractivity contribution in [2.24, 2.45) is 5.92 Å². The first-order chi connectivity index (χ1) is 9.72. The van der Waals surface area contributed by atoms with Gasteiger partial charge in [-0.1, -0.05) is 12.8 Å². The Labute approximate surface area is 120 Å². The molecule has 0 unspecified atom stereocenters. The minimum Gasteiger partial charge on any atom is -0.382 e. The van der Waals surface area contributed by atoms with Crippen molar-refractivity contribution in [2.45, 2.75) is 51.0 Å². The number of hydrogen-bond donors (Lipinski definition) is 1. The third-order valence-corrected chi connectivity index (χ3v) is 4.76. The summed E-state index contributed by atoms with van der Waals surface area (Å²) in [6.45, 7) is 1.71. The van der Waals surface area contributed by atoms with Crippen LogP contribution in [0.1, 0.15) is 51.0 Å². The van der Waals surface area contributed by atoms with Crippen molar-refractivity contribution in [1.29, 1.82) is 0 Å². The molecule has 0 bridgehead atoms. The molecule has 2 N–H and O–H groups in total. The molecule has 0 aromatic carbocycles. The Hall–Kier alpha value is -1.52. The number of nitrogens with zero attached hydrogens (tertiary/aromatic N) is 3. The quantitative estimate of drug-likeness (QED) is 0.920. The van der Waals surface area contributed by atoms with Gasteiger partial charge in [0, 0.05) is 25.7 Å². The highest BCUT2D eigenvalue weighted by Gasteiger charge is 2.26. The zero-order valence-electron chi connectivity index (χ0n) is 12.0. The lowest BCUT2D eigenvalue weighted by molar-refractivity contribution is -0.133. The second kappa shape index (κ2) is 5.85. The molecule has 1 aromatic heterocycles. The smallest absolute Gasteiger partial charge is 0.222 e. The number of nitrogen functional groups attached to an aromatic ring is 1. The largest absolute Gasteiger partial charge is 0.382 e. The average Bonchev–Trinajstić information content (AvgIpc) is 3.10. The molecule has 0 spiro atoms. The van der Waals surface area contributed by atoms with Crippen LogP contribution in [-0.2, 0) is 4.79 Å². The van der Waals surface area contributed by atoms with Crippen LogP contribution in [0.5, 0.6) is 0 Å². The van der Waals surface area contributed by atoms with Gasteiger partial charge < -0.3 is 10.6 Å². The van der Waals surface area contributed by atoms with Crippen molar-refractivity contribution in [2.75, 3.05) is 18.8 Å². The van der Waals surface area contributed by atoms with E-state index in [4.69, 9.17) is 5.73 Å². The third-order valence-electron chi connectivity index (χ3n) is 4.76. The molecule has 1 saturated heterocycles. The first-order valence-corrected chi connectivity index (χ1v) is 7.81. The van der Waals surface area contributed by atoms with Gasteiger partial charge in [0.15, 0.2) is 0 Å². The Morgan fingerprint density at radius 3 is 2.55 bits per heavy atom. The fourth-order valence-corrected chi connectivity index (χ4v) is 3.53. The summed E-state index contributed by atoms with van der Waals surface area (Å²) in [7, 11) is 0. The van der Waals surface area contributed by atoms with E-state index in [9.17, 15) is 4.79 Å². The summed E-state index contributed by atoms with van der Waals surface area (Å²) in [6, 6.07) is 2.22. The zero-order chi connectivity index (χ0) is 13.9. The van der Waals surface area contributed by atoms with Gasteiger partial charge in [-0.25, -0.2) is 0 Å². The molecule has 1 aliphatic heterocycles. The van der Waals surface area contributed by atoms with Crippen molar-refractivity contribution < 1.29 is 4.79 Å². The maximum atomic E-state index is 12.3. The van der Waals surface area contributed by atoms with Gasteiger partial charge in [0.25, 0.3) is 0 Å². The molecule has 2 aliphatic rings. The summed E-state index contributed by atoms with van der Waals surface area (Å²) in [5.74, 6) is 1.58. The molecule has 5 nitrogen and oxygen atoms in total. The summed E-state index contributed by atoms with van der Waals surface area (Å²) < 4.78 is 1.95. The molecule has 110 valence electrons. The van der Waals surface area contributed by atoms with Gasteiger partial charge in [0.05, 0.1) is 6.04 Å². The van der Waals surface area contributed by atoms with Gasteiger partial charge in [-0.15, -0.1) is 0 Å². The molecule has 1 saturated carbocycles. The molecule has 0 radical (unpaired) electrons. The number of aromatic nitrogens is 2. The monoisotopic (exact) mass is 276 g/mol. The van der Waals surface area contributed by atoms with E-state index in [0.717, 1.165) is 32.4 Å². The van der Waals surface area contributed by atoms with Crippen molar-refractivity contribution in [3.63, 3.8) is 0 Å². The molecule has 0 atom stereocenters. The van der Waals surface area contributed by atoms with Crippen molar-refractivity contribution in [3.05, 3.63) is 12.3 Å². The third kappa shape index (κ3) is 2.97. The Morgan fingerprint density at radius 2 is 1.95 bits per heavy atom. The lowest BCUT2D eigenvalue weighted by atomic mass is 10.0. The molecule has 1 amide bonds. The van der Waals surface area contributed by atoms with Crippen LogP contribution in [0.3, 0.4) is 0 Å². The second-order valence-corrected chi connectivity index (χ2v) is 6.19. The van der Waals surface area contributed by atoms with Crippen LogP contribution >= 0.6 is 0 Å². The van der Waals surface area contributed by atoms with Crippen LogP contribution in [0.25, 0.3) is 0 Å². The number of carbonyl (C=O) groups is 1. The number of anilines is 1. The number of amides is 1. The van der Waals surface area contributed by atoms with Crippen LogP contribution in [0.2, 0.25) is 0 Å². The summed E-state index contributed by atoms with van der Waals surface area (Å²) >= 11 is 0. The summed E-state index contributed by atoms with van der Waals surface area (Å²) in [5, 5.41) is 4.28. The Morgan fingerprint density at radius 1 is 1.25 bits per heavy atom. The minimum atomic E-state index is 0.357. The predicted octanol–water partition coefficient (Wildman–Crippen LogP) is 2.21. The molecule has 3 rings (SSSR count). The summed E-state index contributed by atoms with van der Waals surface area (Å²) in [6.07, 6.45) is 9.77. The fraction of sp³-hybridized carbons (Fsp3) is 0.733. The van der Waals surface area contributed by atoms with Crippen molar-refractivity contribution in [1.82, 2.24) is 14.7 Å². The van der Waals surface area contributed by atoms with Crippen molar-refractivity contribution in [3.8, 4) is 0 Å². The van der Waals surface area contributed by atoms with E-state index in [1.165, 1.54) is 25.7 Å². The normalized spacial score (nSPS) is 21.5. The first kappa shape index (κ1) is 13.5. The highest BCUT2D eigenvalue weighted by molar-refractivity contribution is 5.76. The van der Waals surface area contributed by atoms with E-state index >= 15 is 0 Å². The Bertz CT molecular complexity index is 456. The van der Waals surface area contributed by atoms with E-state index in [2.05, 4.69) is 5.10 Å². The standard InChI is InChI=1S/C15H24N4O/c16-14-7-10-19(17-14)13-5-8-18(9-6-13)15(20)11-12-3-1-2-4-12/h7,10,12-13H,1-6,8-9,11H2,(H2,16,17). The number of piperidine rings is 1. The van der Waals surface area contributed by atoms with Crippen molar-refractivity contribution >= 4 is 11.7 Å². The van der Waals surface area contributed by atoms with Crippen LogP contribution in [0.4, 0.5) is 5.82 Å². The lowest BCUT2D eigenvalue weighted by Crippen LogP contribution is -2.39. The lowest BCUT2D eigenvalue weighted by Gasteiger charge is -2.32. The van der Waals surface area contributed by atoms with Gasteiger partial charge in [-0.2, -0.15) is 5.10 Å². The van der Waals surface area contributed by atoms with Crippen LogP contribution in [0, 0.1) is 5.92 Å². The van der Waals surface area contributed by atoms with Crippen LogP contribution in [0.15, 0.2) is 12.3 Å². The summed E-state index contributed by atoms with van der Waals surface area (Å²) in [5.41, 5.74) is 5.66. The molecular formula is C15H24N4O. The predicted molar refractivity (Wildman–Crippen MR) is 78.1 cm³/mol. The molecule has 2 fully saturated rings. The topological polar surface area (TPSA) is 64.2 Å². The first-order valence-electron chi connectivity index (χ1n) is 7.81. The average molecular weight is 276 g/mol. The second-order valence-electron chi connectivity index (χ2n) is 6.19. The van der Waals surface area contributed by atoms with E-state index in [0.29, 0.717) is 23.7 Å².